The maximum Gasteiger partial charge on any atom is 0.250 e. The van der Waals surface area contributed by atoms with Crippen LogP contribution in [0.1, 0.15) is 19.4 Å². The average Bonchev–Trinajstić information content (AvgIpc) is 3.39. The van der Waals surface area contributed by atoms with Gasteiger partial charge in [-0.25, -0.2) is 5.43 Å². The van der Waals surface area contributed by atoms with E-state index in [1.165, 1.54) is 11.8 Å². The summed E-state index contributed by atoms with van der Waals surface area (Å²) in [7, 11) is 3.18. The zero-order chi connectivity index (χ0) is 26.9. The van der Waals surface area contributed by atoms with Gasteiger partial charge in [0.05, 0.1) is 32.3 Å². The number of hydrogen-bond acceptors (Lipinski definition) is 8. The van der Waals surface area contributed by atoms with Gasteiger partial charge in [-0.15, -0.1) is 10.2 Å². The Morgan fingerprint density at radius 1 is 0.974 bits per heavy atom. The zero-order valence-corrected chi connectivity index (χ0v) is 22.5. The van der Waals surface area contributed by atoms with Gasteiger partial charge in [-0.1, -0.05) is 30.0 Å². The lowest BCUT2D eigenvalue weighted by Gasteiger charge is -2.12. The van der Waals surface area contributed by atoms with Crippen LogP contribution >= 0.6 is 11.8 Å². The molecule has 10 heteroatoms. The second-order valence-electron chi connectivity index (χ2n) is 8.03. The molecule has 0 fully saturated rings. The topological polar surface area (TPSA) is 99.9 Å². The second kappa shape index (κ2) is 12.8. The molecule has 1 amide bonds. The minimum absolute atomic E-state index is 0.108. The van der Waals surface area contributed by atoms with Crippen LogP contribution in [0.3, 0.4) is 0 Å². The molecule has 196 valence electrons. The lowest BCUT2D eigenvalue weighted by atomic mass is 10.1. The summed E-state index contributed by atoms with van der Waals surface area (Å²) in [6.45, 7) is 4.38. The summed E-state index contributed by atoms with van der Waals surface area (Å²) in [6, 6.07) is 22.9. The fourth-order valence-corrected chi connectivity index (χ4v) is 4.41. The Bertz CT molecular complexity index is 1400. The van der Waals surface area contributed by atoms with E-state index in [1.54, 1.807) is 14.2 Å². The van der Waals surface area contributed by atoms with Crippen molar-refractivity contribution >= 4 is 23.4 Å². The first-order valence-electron chi connectivity index (χ1n) is 12.0. The smallest absolute Gasteiger partial charge is 0.250 e. The van der Waals surface area contributed by atoms with Crippen LogP contribution in [0.25, 0.3) is 17.1 Å². The first kappa shape index (κ1) is 26.7. The molecule has 0 radical (unpaired) electrons. The highest BCUT2D eigenvalue weighted by molar-refractivity contribution is 7.99. The van der Waals surface area contributed by atoms with Gasteiger partial charge in [0.25, 0.3) is 5.91 Å². The molecular weight excluding hydrogens is 502 g/mol. The third kappa shape index (κ3) is 6.33. The Morgan fingerprint density at radius 3 is 2.39 bits per heavy atom. The third-order valence-electron chi connectivity index (χ3n) is 5.55. The fraction of sp³-hybridized carbons (Fsp3) is 0.214. The Balaban J connectivity index is 1.51. The number of carbonyl (C=O) groups excluding carboxylic acids is 1. The quantitative estimate of drug-likeness (QED) is 0.165. The van der Waals surface area contributed by atoms with E-state index in [9.17, 15) is 4.79 Å². The van der Waals surface area contributed by atoms with Crippen molar-refractivity contribution in [3.8, 4) is 34.3 Å². The van der Waals surface area contributed by atoms with Gasteiger partial charge in [0.2, 0.25) is 0 Å². The molecule has 0 aliphatic carbocycles. The molecule has 3 aromatic carbocycles. The number of aromatic nitrogens is 3. The summed E-state index contributed by atoms with van der Waals surface area (Å²) in [6.07, 6.45) is 0. The molecule has 0 saturated carbocycles. The number of nitrogens with zero attached hydrogens (tertiary/aromatic N) is 4. The number of thioether (sulfide) groups is 1. The minimum atomic E-state index is -0.254. The molecular formula is C28H29N5O4S. The maximum atomic E-state index is 12.6. The molecule has 4 rings (SSSR count). The summed E-state index contributed by atoms with van der Waals surface area (Å²) in [5.41, 5.74) is 5.88. The fourth-order valence-electron chi connectivity index (χ4n) is 3.67. The Hall–Kier alpha value is -4.31. The van der Waals surface area contributed by atoms with Gasteiger partial charge >= 0.3 is 0 Å². The number of ether oxygens (including phenoxy) is 3. The van der Waals surface area contributed by atoms with E-state index < -0.39 is 0 Å². The van der Waals surface area contributed by atoms with Gasteiger partial charge in [-0.2, -0.15) is 5.10 Å². The molecule has 38 heavy (non-hydrogen) atoms. The number of hydrogen-bond donors (Lipinski definition) is 1. The van der Waals surface area contributed by atoms with Crippen molar-refractivity contribution in [3.63, 3.8) is 0 Å². The van der Waals surface area contributed by atoms with Crippen LogP contribution in [0, 0.1) is 0 Å². The highest BCUT2D eigenvalue weighted by Crippen LogP contribution is 2.34. The van der Waals surface area contributed by atoms with Gasteiger partial charge in [-0.05, 0) is 74.0 Å². The molecule has 9 nitrogen and oxygen atoms in total. The lowest BCUT2D eigenvalue weighted by Crippen LogP contribution is -2.21. The number of para-hydroxylation sites is 1. The van der Waals surface area contributed by atoms with Gasteiger partial charge in [-0.3, -0.25) is 9.36 Å². The standard InChI is InChI=1S/C28H29N5O4S/c1-5-37-23-14-11-20(12-15-23)19(2)29-30-26(34)18-38-28-32-31-27(33(28)22-9-7-6-8-10-22)21-13-16-24(35-3)25(17-21)36-4/h6-17H,5,18H2,1-4H3,(H,30,34). The normalized spacial score (nSPS) is 11.2. The van der Waals surface area contributed by atoms with Crippen molar-refractivity contribution in [2.75, 3.05) is 26.6 Å². The number of benzene rings is 3. The van der Waals surface area contributed by atoms with Crippen molar-refractivity contribution in [3.05, 3.63) is 78.4 Å². The van der Waals surface area contributed by atoms with Crippen molar-refractivity contribution in [2.45, 2.75) is 19.0 Å². The van der Waals surface area contributed by atoms with E-state index in [0.29, 0.717) is 34.8 Å². The molecule has 1 aromatic heterocycles. The predicted molar refractivity (Wildman–Crippen MR) is 149 cm³/mol. The summed E-state index contributed by atoms with van der Waals surface area (Å²) in [4.78, 5) is 12.6. The summed E-state index contributed by atoms with van der Waals surface area (Å²) in [5.74, 6) is 2.47. The van der Waals surface area contributed by atoms with Crippen molar-refractivity contribution in [2.24, 2.45) is 5.10 Å². The van der Waals surface area contributed by atoms with Gasteiger partial charge in [0.15, 0.2) is 22.5 Å². The first-order chi connectivity index (χ1) is 18.5. The van der Waals surface area contributed by atoms with Crippen LogP contribution in [-0.2, 0) is 4.79 Å². The van der Waals surface area contributed by atoms with E-state index in [2.05, 4.69) is 20.7 Å². The van der Waals surface area contributed by atoms with Crippen molar-refractivity contribution in [1.29, 1.82) is 0 Å². The third-order valence-corrected chi connectivity index (χ3v) is 6.48. The highest BCUT2D eigenvalue weighted by Gasteiger charge is 2.19. The molecule has 0 aliphatic rings. The molecule has 0 aliphatic heterocycles. The SMILES string of the molecule is CCOc1ccc(C(C)=NNC(=O)CSc2nnc(-c3ccc(OC)c(OC)c3)n2-c2ccccc2)cc1. The molecule has 0 spiro atoms. The van der Waals surface area contributed by atoms with E-state index in [-0.39, 0.29) is 11.7 Å². The van der Waals surface area contributed by atoms with Gasteiger partial charge in [0.1, 0.15) is 5.75 Å². The number of carbonyl (C=O) groups is 1. The Labute approximate surface area is 225 Å². The van der Waals surface area contributed by atoms with Crippen LogP contribution in [0.5, 0.6) is 17.2 Å². The van der Waals surface area contributed by atoms with E-state index in [0.717, 1.165) is 22.6 Å². The Morgan fingerprint density at radius 2 is 1.71 bits per heavy atom. The van der Waals surface area contributed by atoms with Crippen molar-refractivity contribution < 1.29 is 19.0 Å². The van der Waals surface area contributed by atoms with Gasteiger partial charge in [0, 0.05) is 11.3 Å². The zero-order valence-electron chi connectivity index (χ0n) is 21.7. The predicted octanol–water partition coefficient (Wildman–Crippen LogP) is 4.98. The molecule has 0 unspecified atom stereocenters. The van der Waals surface area contributed by atoms with Gasteiger partial charge < -0.3 is 14.2 Å². The molecule has 1 heterocycles. The number of nitrogens with one attached hydrogen (secondary N) is 1. The Kier molecular flexibility index (Phi) is 8.99. The van der Waals surface area contributed by atoms with E-state index in [1.807, 2.05) is 91.2 Å². The van der Waals surface area contributed by atoms with Crippen LogP contribution in [-0.4, -0.2) is 53.0 Å². The van der Waals surface area contributed by atoms with Crippen LogP contribution in [0.15, 0.2) is 83.1 Å². The van der Waals surface area contributed by atoms with E-state index in [4.69, 9.17) is 14.2 Å². The molecule has 4 aromatic rings. The number of hydrazone groups is 1. The average molecular weight is 532 g/mol. The van der Waals surface area contributed by atoms with E-state index >= 15 is 0 Å². The van der Waals surface area contributed by atoms with Crippen LogP contribution in [0.2, 0.25) is 0 Å². The summed E-state index contributed by atoms with van der Waals surface area (Å²) in [5, 5.41) is 13.6. The number of methoxy groups -OCH3 is 2. The summed E-state index contributed by atoms with van der Waals surface area (Å²) < 4.78 is 18.2. The summed E-state index contributed by atoms with van der Waals surface area (Å²) >= 11 is 1.27. The molecule has 0 bridgehead atoms. The largest absolute Gasteiger partial charge is 0.494 e. The monoisotopic (exact) mass is 531 g/mol. The molecule has 0 saturated heterocycles. The highest BCUT2D eigenvalue weighted by atomic mass is 32.2. The molecule has 1 N–H and O–H groups in total. The number of rotatable bonds is 11. The lowest BCUT2D eigenvalue weighted by molar-refractivity contribution is -0.118. The van der Waals surface area contributed by atoms with Crippen molar-refractivity contribution in [1.82, 2.24) is 20.2 Å². The second-order valence-corrected chi connectivity index (χ2v) is 8.97. The first-order valence-corrected chi connectivity index (χ1v) is 12.9. The molecule has 0 atom stereocenters. The number of amides is 1. The van der Waals surface area contributed by atoms with Crippen LogP contribution in [0.4, 0.5) is 0 Å². The maximum absolute atomic E-state index is 12.6. The van der Waals surface area contributed by atoms with Crippen LogP contribution < -0.4 is 19.6 Å². The minimum Gasteiger partial charge on any atom is -0.494 e.